The lowest BCUT2D eigenvalue weighted by atomic mass is 9.68. The molecule has 0 aromatic rings. The fourth-order valence-electron chi connectivity index (χ4n) is 3.09. The molecule has 0 aromatic heterocycles. The van der Waals surface area contributed by atoms with Gasteiger partial charge in [0.15, 0.2) is 5.41 Å². The first-order valence-corrected chi connectivity index (χ1v) is 6.09. The van der Waals surface area contributed by atoms with Crippen LogP contribution >= 0.6 is 0 Å². The Hall–Kier alpha value is -2.07. The zero-order valence-electron chi connectivity index (χ0n) is 10.8. The van der Waals surface area contributed by atoms with Gasteiger partial charge in [-0.3, -0.25) is 9.59 Å². The van der Waals surface area contributed by atoms with Gasteiger partial charge in [0, 0.05) is 5.92 Å². The summed E-state index contributed by atoms with van der Waals surface area (Å²) in [6, 6.07) is 1.83. The molecule has 1 saturated heterocycles. The molecule has 2 heterocycles. The third kappa shape index (κ3) is 1.47. The van der Waals surface area contributed by atoms with Gasteiger partial charge in [0.25, 0.3) is 0 Å². The Labute approximate surface area is 110 Å². The highest BCUT2D eigenvalue weighted by atomic mass is 16.3. The maximum atomic E-state index is 12.3. The molecule has 1 fully saturated rings. The van der Waals surface area contributed by atoms with Crippen LogP contribution in [-0.4, -0.2) is 22.6 Å². The minimum absolute atomic E-state index is 0.105. The second-order valence-corrected chi connectivity index (χ2v) is 5.11. The third-order valence-corrected chi connectivity index (χ3v) is 3.89. The number of rotatable bonds is 2. The Morgan fingerprint density at radius 1 is 1.47 bits per heavy atom. The summed E-state index contributed by atoms with van der Waals surface area (Å²) in [6.07, 6.45) is 1.07. The number of nitrogens with zero attached hydrogens (tertiary/aromatic N) is 1. The number of hydrogen-bond donors (Lipinski definition) is 4. The van der Waals surface area contributed by atoms with E-state index in [4.69, 9.17) is 5.73 Å². The molecule has 5 N–H and O–H groups in total. The molecular formula is C12H16N4O3. The van der Waals surface area contributed by atoms with E-state index in [0.717, 1.165) is 0 Å². The lowest BCUT2D eigenvalue weighted by Crippen LogP contribution is -2.46. The molecule has 102 valence electrons. The van der Waals surface area contributed by atoms with Crippen molar-refractivity contribution >= 4 is 11.8 Å². The van der Waals surface area contributed by atoms with Crippen LogP contribution in [0.2, 0.25) is 0 Å². The highest BCUT2D eigenvalue weighted by Gasteiger charge is 2.68. The Balaban J connectivity index is 2.66. The molecule has 0 aromatic carbocycles. The van der Waals surface area contributed by atoms with Gasteiger partial charge in [-0.15, -0.1) is 0 Å². The van der Waals surface area contributed by atoms with Crippen LogP contribution in [-0.2, 0) is 9.59 Å². The van der Waals surface area contributed by atoms with Crippen LogP contribution in [0.1, 0.15) is 26.7 Å². The van der Waals surface area contributed by atoms with Crippen LogP contribution in [0.4, 0.5) is 0 Å². The van der Waals surface area contributed by atoms with E-state index in [0.29, 0.717) is 12.8 Å². The summed E-state index contributed by atoms with van der Waals surface area (Å²) in [5.74, 6) is -2.16. The smallest absolute Gasteiger partial charge is 0.247 e. The van der Waals surface area contributed by atoms with E-state index < -0.39 is 28.9 Å². The molecule has 0 bridgehead atoms. The van der Waals surface area contributed by atoms with E-state index in [-0.39, 0.29) is 11.4 Å². The van der Waals surface area contributed by atoms with Crippen molar-refractivity contribution in [2.24, 2.45) is 17.1 Å². The van der Waals surface area contributed by atoms with Gasteiger partial charge in [0.2, 0.25) is 11.8 Å². The van der Waals surface area contributed by atoms with Crippen LogP contribution in [0.25, 0.3) is 0 Å². The summed E-state index contributed by atoms with van der Waals surface area (Å²) in [5.41, 5.74) is 2.25. The van der Waals surface area contributed by atoms with Gasteiger partial charge in [-0.05, 0) is 13.3 Å². The second-order valence-electron chi connectivity index (χ2n) is 5.11. The van der Waals surface area contributed by atoms with Crippen molar-refractivity contribution in [1.29, 1.82) is 5.26 Å². The molecule has 3 atom stereocenters. The predicted octanol–water partition coefficient (Wildman–Crippen LogP) is -0.949. The number of nitrogens with one attached hydrogen (secondary N) is 2. The van der Waals surface area contributed by atoms with Crippen molar-refractivity contribution in [3.05, 3.63) is 11.4 Å². The zero-order valence-corrected chi connectivity index (χ0v) is 10.8. The fraction of sp³-hybridized carbons (Fsp3) is 0.583. The molecule has 2 rings (SSSR count). The molecule has 2 aliphatic heterocycles. The molecule has 0 radical (unpaired) electrons. The predicted molar refractivity (Wildman–Crippen MR) is 64.6 cm³/mol. The number of nitriles is 1. The van der Waals surface area contributed by atoms with E-state index in [1.165, 1.54) is 6.92 Å². The van der Waals surface area contributed by atoms with E-state index in [1.54, 1.807) is 0 Å². The Morgan fingerprint density at radius 2 is 2.11 bits per heavy atom. The molecule has 7 heteroatoms. The van der Waals surface area contributed by atoms with E-state index >= 15 is 0 Å². The highest BCUT2D eigenvalue weighted by molar-refractivity contribution is 6.13. The third-order valence-electron chi connectivity index (χ3n) is 3.89. The van der Waals surface area contributed by atoms with E-state index in [9.17, 15) is 20.0 Å². The number of carbonyl (C=O) groups excluding carboxylic acids is 2. The van der Waals surface area contributed by atoms with Crippen molar-refractivity contribution < 1.29 is 14.7 Å². The van der Waals surface area contributed by atoms with Crippen molar-refractivity contribution in [2.45, 2.75) is 32.4 Å². The normalized spacial score (nSPS) is 37.5. The monoisotopic (exact) mass is 264 g/mol. The average Bonchev–Trinajstić information content (AvgIpc) is 2.66. The van der Waals surface area contributed by atoms with Gasteiger partial charge in [-0.1, -0.05) is 13.3 Å². The Kier molecular flexibility index (Phi) is 2.79. The van der Waals surface area contributed by atoms with Crippen LogP contribution in [0, 0.1) is 22.7 Å². The summed E-state index contributed by atoms with van der Waals surface area (Å²) < 4.78 is 0. The molecular weight excluding hydrogens is 248 g/mol. The van der Waals surface area contributed by atoms with Gasteiger partial charge < -0.3 is 21.5 Å². The number of carbonyl (C=O) groups is 2. The number of aliphatic hydroxyl groups is 1. The maximum absolute atomic E-state index is 12.3. The van der Waals surface area contributed by atoms with Gasteiger partial charge in [-0.2, -0.15) is 5.26 Å². The summed E-state index contributed by atoms with van der Waals surface area (Å²) in [4.78, 5) is 24.5. The summed E-state index contributed by atoms with van der Waals surface area (Å²) in [5, 5.41) is 24.2. The number of amides is 2. The first-order chi connectivity index (χ1) is 8.82. The molecule has 0 saturated carbocycles. The van der Waals surface area contributed by atoms with E-state index in [1.807, 2.05) is 13.0 Å². The lowest BCUT2D eigenvalue weighted by molar-refractivity contribution is -0.138. The van der Waals surface area contributed by atoms with Crippen molar-refractivity contribution in [1.82, 2.24) is 10.6 Å². The highest BCUT2D eigenvalue weighted by Crippen LogP contribution is 2.50. The zero-order chi connectivity index (χ0) is 14.4. The minimum Gasteiger partial charge on any atom is -0.384 e. The summed E-state index contributed by atoms with van der Waals surface area (Å²) in [7, 11) is 0. The summed E-state index contributed by atoms with van der Waals surface area (Å²) >= 11 is 0. The topological polar surface area (TPSA) is 128 Å². The van der Waals surface area contributed by atoms with Crippen LogP contribution in [0.3, 0.4) is 0 Å². The quantitative estimate of drug-likeness (QED) is 0.478. The van der Waals surface area contributed by atoms with Crippen LogP contribution in [0.15, 0.2) is 11.4 Å². The Morgan fingerprint density at radius 3 is 2.63 bits per heavy atom. The fourth-order valence-corrected chi connectivity index (χ4v) is 3.09. The first-order valence-electron chi connectivity index (χ1n) is 6.09. The molecule has 1 spiro atoms. The van der Waals surface area contributed by atoms with Gasteiger partial charge in [0.1, 0.15) is 17.6 Å². The molecule has 0 aliphatic carbocycles. The van der Waals surface area contributed by atoms with Crippen LogP contribution < -0.4 is 16.4 Å². The van der Waals surface area contributed by atoms with Gasteiger partial charge in [0.05, 0.1) is 5.57 Å². The molecule has 2 amide bonds. The average molecular weight is 264 g/mol. The van der Waals surface area contributed by atoms with Crippen LogP contribution in [0.5, 0.6) is 0 Å². The minimum atomic E-state index is -1.71. The standard InChI is InChI=1S/C12H16N4O3/c1-3-4-7-11(2,19)16-10(18)12(7)6(5-13)8(14)15-9(12)17/h7,19H,3-4,14H2,1-2H3,(H,15,17)(H,16,18)/t7-,11-,12+/m1/s1. The van der Waals surface area contributed by atoms with Gasteiger partial charge >= 0.3 is 0 Å². The molecule has 7 nitrogen and oxygen atoms in total. The molecule has 0 unspecified atom stereocenters. The van der Waals surface area contributed by atoms with Gasteiger partial charge in [-0.25, -0.2) is 0 Å². The van der Waals surface area contributed by atoms with Crippen molar-refractivity contribution in [3.8, 4) is 6.07 Å². The lowest BCUT2D eigenvalue weighted by Gasteiger charge is -2.31. The summed E-state index contributed by atoms with van der Waals surface area (Å²) in [6.45, 7) is 3.30. The second kappa shape index (κ2) is 3.96. The van der Waals surface area contributed by atoms with E-state index in [2.05, 4.69) is 10.6 Å². The first kappa shape index (κ1) is 13.4. The largest absolute Gasteiger partial charge is 0.384 e. The Bertz CT molecular complexity index is 532. The number of hydrogen-bond acceptors (Lipinski definition) is 5. The number of nitrogens with two attached hydrogens (primary N) is 1. The molecule has 2 aliphatic rings. The maximum Gasteiger partial charge on any atom is 0.247 e. The molecule has 19 heavy (non-hydrogen) atoms. The van der Waals surface area contributed by atoms with Crippen molar-refractivity contribution in [3.63, 3.8) is 0 Å². The van der Waals surface area contributed by atoms with Crippen molar-refractivity contribution in [2.75, 3.05) is 0 Å². The SMILES string of the molecule is CCC[C@H]1[C@@]2(C(=O)NC(N)=C2C#N)C(=O)N[C@]1(C)O.